The van der Waals surface area contributed by atoms with Crippen LogP contribution in [-0.4, -0.2) is 28.6 Å². The molecule has 0 radical (unpaired) electrons. The monoisotopic (exact) mass is 769 g/mol. The van der Waals surface area contributed by atoms with Gasteiger partial charge < -0.3 is 14.6 Å². The maximum absolute atomic E-state index is 13.2. The van der Waals surface area contributed by atoms with Crippen LogP contribution in [0, 0.1) is 19.9 Å². The number of halogens is 3. The van der Waals surface area contributed by atoms with E-state index in [0.29, 0.717) is 16.2 Å². The number of rotatable bonds is 7. The fraction of sp³-hybridized carbons (Fsp3) is 0.138. The number of amides is 1. The predicted molar refractivity (Wildman–Crippen MR) is 167 cm³/mol. The molecule has 3 aromatic rings. The molecule has 0 fully saturated rings. The molecule has 0 aromatic heterocycles. The van der Waals surface area contributed by atoms with Gasteiger partial charge in [-0.3, -0.25) is 4.79 Å². The molecule has 0 atom stereocenters. The molecule has 1 amide bonds. The van der Waals surface area contributed by atoms with Crippen LogP contribution in [0.5, 0.6) is 5.75 Å². The molecule has 1 aliphatic rings. The third kappa shape index (κ3) is 7.28. The first kappa shape index (κ1) is 29.3. The molecule has 6 nitrogen and oxygen atoms in total. The Bertz CT molecular complexity index is 1490. The summed E-state index contributed by atoms with van der Waals surface area (Å²) in [5, 5.41) is 11.0. The molecule has 1 aliphatic heterocycles. The van der Waals surface area contributed by atoms with Crippen LogP contribution in [0.1, 0.15) is 34.0 Å². The van der Waals surface area contributed by atoms with Gasteiger partial charge >= 0.3 is 5.97 Å². The second-order valence-corrected chi connectivity index (χ2v) is 11.7. The molecule has 10 heteroatoms. The van der Waals surface area contributed by atoms with Crippen molar-refractivity contribution in [1.29, 1.82) is 0 Å². The summed E-state index contributed by atoms with van der Waals surface area (Å²) >= 11 is 5.35. The number of aliphatic hydroxyl groups is 1. The summed E-state index contributed by atoms with van der Waals surface area (Å²) in [5.41, 5.74) is 2.82. The number of hydrogen-bond donors (Lipinski definition) is 1. The highest BCUT2D eigenvalue weighted by atomic mass is 127. The van der Waals surface area contributed by atoms with Crippen LogP contribution in [0.4, 0.5) is 4.39 Å². The number of aryl methyl sites for hydroxylation is 1. The van der Waals surface area contributed by atoms with Crippen LogP contribution < -0.4 is 4.74 Å². The van der Waals surface area contributed by atoms with Crippen molar-refractivity contribution in [2.24, 2.45) is 4.99 Å². The molecule has 0 unspecified atom stereocenters. The highest BCUT2D eigenvalue weighted by Gasteiger charge is 2.34. The van der Waals surface area contributed by atoms with Crippen molar-refractivity contribution < 1.29 is 28.6 Å². The normalized spacial score (nSPS) is 15.2. The van der Waals surface area contributed by atoms with Gasteiger partial charge in [0.1, 0.15) is 34.5 Å². The van der Waals surface area contributed by atoms with Crippen molar-refractivity contribution in [3.05, 3.63) is 112 Å². The average Bonchev–Trinajstić information content (AvgIpc) is 3.19. The van der Waals surface area contributed by atoms with Crippen LogP contribution in [0.15, 0.2) is 81.9 Å². The Morgan fingerprint density at radius 3 is 2.31 bits per heavy atom. The molecule has 4 rings (SSSR count). The van der Waals surface area contributed by atoms with Crippen molar-refractivity contribution in [2.45, 2.75) is 20.5 Å². The van der Waals surface area contributed by atoms with E-state index < -0.39 is 11.9 Å². The molecule has 3 aromatic carbocycles. The fourth-order valence-corrected chi connectivity index (χ4v) is 6.67. The second kappa shape index (κ2) is 13.1. The highest BCUT2D eigenvalue weighted by molar-refractivity contribution is 14.1. The zero-order chi connectivity index (χ0) is 28.1. The number of nitrogens with zero attached hydrogens (tertiary/aromatic N) is 1. The molecule has 0 aliphatic carbocycles. The molecule has 0 saturated carbocycles. The Kier molecular flexibility index (Phi) is 9.83. The standard InChI is InChI=1S/C29H22FI2NO5S/c1-3-37-29(36)24-25(34)23(39-28(24)33-27(35)19-8-4-16(2)5-9-19)14-18-12-21(31)26(22(32)13-18)38-15-17-6-10-20(30)11-7-17/h4-14,34H,3,15H2,1-2H3/b23-14-,33-28?. The van der Waals surface area contributed by atoms with Gasteiger partial charge in [-0.25, -0.2) is 14.2 Å². The number of hydrogen-bond acceptors (Lipinski definition) is 6. The van der Waals surface area contributed by atoms with Crippen LogP contribution in [0.25, 0.3) is 6.08 Å². The number of aliphatic imine (C=N–C) groups is 1. The minimum absolute atomic E-state index is 0.0754. The number of thioether (sulfide) groups is 1. The molecule has 0 saturated heterocycles. The molecule has 200 valence electrons. The zero-order valence-electron chi connectivity index (χ0n) is 20.8. The Labute approximate surface area is 256 Å². The van der Waals surface area contributed by atoms with E-state index in [1.807, 2.05) is 19.1 Å². The number of aliphatic hydroxyl groups excluding tert-OH is 1. The van der Waals surface area contributed by atoms with E-state index >= 15 is 0 Å². The second-order valence-electron chi connectivity index (χ2n) is 8.37. The Morgan fingerprint density at radius 1 is 1.05 bits per heavy atom. The number of esters is 1. The van der Waals surface area contributed by atoms with E-state index in [1.54, 1.807) is 49.4 Å². The van der Waals surface area contributed by atoms with Gasteiger partial charge in [0.2, 0.25) is 0 Å². The summed E-state index contributed by atoms with van der Waals surface area (Å²) in [6, 6.07) is 16.8. The molecule has 0 bridgehead atoms. The van der Waals surface area contributed by atoms with Gasteiger partial charge in [0.05, 0.1) is 18.7 Å². The lowest BCUT2D eigenvalue weighted by Gasteiger charge is -2.12. The topological polar surface area (TPSA) is 85.2 Å². The fourth-order valence-electron chi connectivity index (χ4n) is 3.53. The Hall–Kier alpha value is -2.71. The van der Waals surface area contributed by atoms with Gasteiger partial charge in [0.15, 0.2) is 0 Å². The summed E-state index contributed by atoms with van der Waals surface area (Å²) in [5.74, 6) is -1.20. The quantitative estimate of drug-likeness (QED) is 0.197. The summed E-state index contributed by atoms with van der Waals surface area (Å²) in [7, 11) is 0. The molecular formula is C29H22FI2NO5S. The Morgan fingerprint density at radius 2 is 1.69 bits per heavy atom. The van der Waals surface area contributed by atoms with Crippen molar-refractivity contribution in [3.8, 4) is 5.75 Å². The first-order chi connectivity index (χ1) is 18.7. The minimum Gasteiger partial charge on any atom is -0.506 e. The van der Waals surface area contributed by atoms with E-state index in [0.717, 1.165) is 35.6 Å². The summed E-state index contributed by atoms with van der Waals surface area (Å²) in [6.45, 7) is 3.96. The van der Waals surface area contributed by atoms with E-state index in [4.69, 9.17) is 9.47 Å². The van der Waals surface area contributed by atoms with Crippen LogP contribution in [0.3, 0.4) is 0 Å². The van der Waals surface area contributed by atoms with Crippen LogP contribution in [-0.2, 0) is 16.1 Å². The van der Waals surface area contributed by atoms with Crippen molar-refractivity contribution in [1.82, 2.24) is 0 Å². The smallest absolute Gasteiger partial charge is 0.344 e. The first-order valence-corrected chi connectivity index (χ1v) is 14.7. The van der Waals surface area contributed by atoms with E-state index in [1.165, 1.54) is 12.1 Å². The lowest BCUT2D eigenvalue weighted by molar-refractivity contribution is -0.138. The SMILES string of the molecule is CCOC(=O)C1=C(O)/C(=C/c2cc(I)c(OCc3ccc(F)cc3)c(I)c2)SC1=NC(=O)c1ccc(C)cc1. The van der Waals surface area contributed by atoms with Crippen molar-refractivity contribution in [3.63, 3.8) is 0 Å². The third-order valence-electron chi connectivity index (χ3n) is 5.49. The maximum atomic E-state index is 13.2. The van der Waals surface area contributed by atoms with Crippen LogP contribution >= 0.6 is 56.9 Å². The molecule has 1 heterocycles. The number of ether oxygens (including phenoxy) is 2. The average molecular weight is 769 g/mol. The van der Waals surface area contributed by atoms with Crippen molar-refractivity contribution >= 4 is 79.9 Å². The maximum Gasteiger partial charge on any atom is 0.344 e. The van der Waals surface area contributed by atoms with Gasteiger partial charge in [-0.15, -0.1) is 0 Å². The number of benzene rings is 3. The van der Waals surface area contributed by atoms with Gasteiger partial charge in [0.25, 0.3) is 5.91 Å². The number of carbonyl (C=O) groups excluding carboxylic acids is 2. The van der Waals surface area contributed by atoms with Crippen LogP contribution in [0.2, 0.25) is 0 Å². The molecule has 39 heavy (non-hydrogen) atoms. The number of carbonyl (C=O) groups is 2. The van der Waals surface area contributed by atoms with Gasteiger partial charge in [0, 0.05) is 5.56 Å². The van der Waals surface area contributed by atoms with Gasteiger partial charge in [-0.2, -0.15) is 0 Å². The predicted octanol–water partition coefficient (Wildman–Crippen LogP) is 7.62. The zero-order valence-corrected chi connectivity index (χ0v) is 26.0. The van der Waals surface area contributed by atoms with E-state index in [-0.39, 0.29) is 35.4 Å². The summed E-state index contributed by atoms with van der Waals surface area (Å²) < 4.78 is 25.9. The largest absolute Gasteiger partial charge is 0.506 e. The van der Waals surface area contributed by atoms with E-state index in [9.17, 15) is 19.1 Å². The van der Waals surface area contributed by atoms with Crippen molar-refractivity contribution in [2.75, 3.05) is 6.61 Å². The Balaban J connectivity index is 1.62. The molecular weight excluding hydrogens is 747 g/mol. The van der Waals surface area contributed by atoms with Gasteiger partial charge in [-0.1, -0.05) is 41.6 Å². The van der Waals surface area contributed by atoms with Gasteiger partial charge in [-0.05, 0) is 113 Å². The lowest BCUT2D eigenvalue weighted by atomic mass is 10.1. The molecule has 1 N–H and O–H groups in total. The third-order valence-corrected chi connectivity index (χ3v) is 8.11. The lowest BCUT2D eigenvalue weighted by Crippen LogP contribution is -2.14. The first-order valence-electron chi connectivity index (χ1n) is 11.7. The summed E-state index contributed by atoms with van der Waals surface area (Å²) in [6.07, 6.45) is 1.71. The van der Waals surface area contributed by atoms with E-state index in [2.05, 4.69) is 50.2 Å². The summed E-state index contributed by atoms with van der Waals surface area (Å²) in [4.78, 5) is 30.0. The molecule has 0 spiro atoms. The highest BCUT2D eigenvalue weighted by Crippen LogP contribution is 2.40. The minimum atomic E-state index is -0.755.